The summed E-state index contributed by atoms with van der Waals surface area (Å²) in [5, 5.41) is 12.6. The van der Waals surface area contributed by atoms with Crippen molar-refractivity contribution in [2.24, 2.45) is 0 Å². The van der Waals surface area contributed by atoms with Crippen molar-refractivity contribution in [1.29, 1.82) is 0 Å². The molecule has 0 unspecified atom stereocenters. The van der Waals surface area contributed by atoms with Crippen LogP contribution in [-0.2, 0) is 4.79 Å². The molecular weight excluding hydrogens is 344 g/mol. The summed E-state index contributed by atoms with van der Waals surface area (Å²) in [5.41, 5.74) is 2.07. The van der Waals surface area contributed by atoms with Crippen molar-refractivity contribution >= 4 is 23.4 Å². The van der Waals surface area contributed by atoms with E-state index in [2.05, 4.69) is 40.0 Å². The highest BCUT2D eigenvalue weighted by atomic mass is 32.2. The van der Waals surface area contributed by atoms with Gasteiger partial charge >= 0.3 is 0 Å². The van der Waals surface area contributed by atoms with E-state index in [1.165, 1.54) is 37.4 Å². The molecule has 5 nitrogen and oxygen atoms in total. The summed E-state index contributed by atoms with van der Waals surface area (Å²) in [6.45, 7) is 6.22. The first-order valence-corrected chi connectivity index (χ1v) is 10.4. The minimum absolute atomic E-state index is 0.0152. The minimum Gasteiger partial charge on any atom is -0.325 e. The van der Waals surface area contributed by atoms with Gasteiger partial charge in [0.05, 0.1) is 5.25 Å². The molecule has 2 aromatic rings. The average Bonchev–Trinajstić information content (AvgIpc) is 3.54. The summed E-state index contributed by atoms with van der Waals surface area (Å²) >= 11 is 1.52. The molecule has 0 radical (unpaired) electrons. The first kappa shape index (κ1) is 17.6. The van der Waals surface area contributed by atoms with Gasteiger partial charge in [0.2, 0.25) is 5.91 Å². The normalized spacial score (nSPS) is 18.2. The van der Waals surface area contributed by atoms with Crippen molar-refractivity contribution in [2.45, 2.75) is 74.7 Å². The van der Waals surface area contributed by atoms with Gasteiger partial charge in [-0.2, -0.15) is 0 Å². The summed E-state index contributed by atoms with van der Waals surface area (Å²) in [7, 11) is 0. The Labute approximate surface area is 159 Å². The maximum Gasteiger partial charge on any atom is 0.237 e. The van der Waals surface area contributed by atoms with Crippen molar-refractivity contribution in [3.05, 3.63) is 35.7 Å². The molecule has 1 aromatic heterocycles. The number of hydrogen-bond donors (Lipinski definition) is 1. The smallest absolute Gasteiger partial charge is 0.237 e. The fourth-order valence-corrected chi connectivity index (χ4v) is 4.15. The van der Waals surface area contributed by atoms with Crippen molar-refractivity contribution in [1.82, 2.24) is 14.8 Å². The molecule has 2 aliphatic rings. The van der Waals surface area contributed by atoms with Gasteiger partial charge in [-0.05, 0) is 50.2 Å². The molecule has 2 fully saturated rings. The van der Waals surface area contributed by atoms with E-state index in [4.69, 9.17) is 0 Å². The van der Waals surface area contributed by atoms with Gasteiger partial charge in [-0.3, -0.25) is 4.79 Å². The number of anilines is 1. The van der Waals surface area contributed by atoms with Gasteiger partial charge in [-0.1, -0.05) is 43.8 Å². The van der Waals surface area contributed by atoms with E-state index in [1.54, 1.807) is 0 Å². The Kier molecular flexibility index (Phi) is 4.78. The molecule has 1 amide bonds. The van der Waals surface area contributed by atoms with Crippen LogP contribution in [0.4, 0.5) is 5.69 Å². The molecule has 138 valence electrons. The van der Waals surface area contributed by atoms with Crippen molar-refractivity contribution in [2.75, 3.05) is 5.32 Å². The van der Waals surface area contributed by atoms with Crippen LogP contribution in [0.5, 0.6) is 0 Å². The fraction of sp³-hybridized carbons (Fsp3) is 0.550. The van der Waals surface area contributed by atoms with Crippen LogP contribution in [0.3, 0.4) is 0 Å². The number of nitrogens with zero attached hydrogens (tertiary/aromatic N) is 3. The predicted molar refractivity (Wildman–Crippen MR) is 105 cm³/mol. The minimum atomic E-state index is -0.219. The molecule has 0 aliphatic heterocycles. The molecule has 4 rings (SSSR count). The lowest BCUT2D eigenvalue weighted by molar-refractivity contribution is -0.115. The first-order valence-electron chi connectivity index (χ1n) is 9.55. The monoisotopic (exact) mass is 370 g/mol. The van der Waals surface area contributed by atoms with Crippen molar-refractivity contribution in [3.63, 3.8) is 0 Å². The van der Waals surface area contributed by atoms with Crippen molar-refractivity contribution < 1.29 is 4.79 Å². The van der Waals surface area contributed by atoms with Crippen LogP contribution in [0.2, 0.25) is 0 Å². The largest absolute Gasteiger partial charge is 0.325 e. The summed E-state index contributed by atoms with van der Waals surface area (Å²) in [4.78, 5) is 12.8. The molecule has 0 spiro atoms. The summed E-state index contributed by atoms with van der Waals surface area (Å²) in [6, 6.07) is 8.57. The third-order valence-corrected chi connectivity index (χ3v) is 6.09. The molecule has 1 aromatic carbocycles. The number of carbonyl (C=O) groups is 1. The number of aromatic nitrogens is 3. The van der Waals surface area contributed by atoms with Gasteiger partial charge in [-0.25, -0.2) is 0 Å². The zero-order chi connectivity index (χ0) is 18.3. The molecule has 1 atom stereocenters. The number of para-hydroxylation sites is 1. The lowest BCUT2D eigenvalue weighted by Gasteiger charge is -2.16. The molecule has 1 N–H and O–H groups in total. The van der Waals surface area contributed by atoms with Gasteiger partial charge in [0.15, 0.2) is 5.16 Å². The number of hydrogen-bond acceptors (Lipinski definition) is 4. The van der Waals surface area contributed by atoms with Gasteiger partial charge in [0.25, 0.3) is 0 Å². The van der Waals surface area contributed by atoms with Gasteiger partial charge in [0.1, 0.15) is 5.82 Å². The molecule has 6 heteroatoms. The average molecular weight is 371 g/mol. The SMILES string of the molecule is CC(C)c1ccccc1NC(=O)[C@H](C)Sc1nnc(C2CC2)n1C1CC1. The molecule has 0 bridgehead atoms. The highest BCUT2D eigenvalue weighted by Gasteiger charge is 2.37. The number of rotatable bonds is 7. The Morgan fingerprint density at radius 1 is 1.15 bits per heavy atom. The summed E-state index contributed by atoms with van der Waals surface area (Å²) < 4.78 is 2.30. The summed E-state index contributed by atoms with van der Waals surface area (Å²) in [5.74, 6) is 2.10. The lowest BCUT2D eigenvalue weighted by atomic mass is 10.0. The van der Waals surface area contributed by atoms with Crippen LogP contribution in [-0.4, -0.2) is 25.9 Å². The number of amides is 1. The van der Waals surface area contributed by atoms with Crippen LogP contribution in [0.25, 0.3) is 0 Å². The Balaban J connectivity index is 1.47. The maximum atomic E-state index is 12.8. The van der Waals surface area contributed by atoms with Crippen LogP contribution in [0.15, 0.2) is 29.4 Å². The lowest BCUT2D eigenvalue weighted by Crippen LogP contribution is -2.23. The highest BCUT2D eigenvalue weighted by molar-refractivity contribution is 8.00. The zero-order valence-electron chi connectivity index (χ0n) is 15.6. The number of nitrogens with one attached hydrogen (secondary N) is 1. The molecule has 0 saturated heterocycles. The third-order valence-electron chi connectivity index (χ3n) is 5.04. The van der Waals surface area contributed by atoms with Gasteiger partial charge < -0.3 is 9.88 Å². The Morgan fingerprint density at radius 3 is 2.54 bits per heavy atom. The maximum absolute atomic E-state index is 12.8. The third kappa shape index (κ3) is 3.65. The number of carbonyl (C=O) groups excluding carboxylic acids is 1. The van der Waals surface area contributed by atoms with Gasteiger partial charge in [-0.15, -0.1) is 10.2 Å². The van der Waals surface area contributed by atoms with E-state index in [0.29, 0.717) is 17.9 Å². The first-order chi connectivity index (χ1) is 12.5. The molecule has 1 heterocycles. The van der Waals surface area contributed by atoms with E-state index in [1.807, 2.05) is 25.1 Å². The second-order valence-corrected chi connectivity index (χ2v) is 9.02. The van der Waals surface area contributed by atoms with E-state index in [0.717, 1.165) is 22.2 Å². The Hall–Kier alpha value is -1.82. The molecule has 2 aliphatic carbocycles. The standard InChI is InChI=1S/C20H26N4OS/c1-12(2)16-6-4-5-7-17(16)21-19(25)13(3)26-20-23-22-18(14-8-9-14)24(20)15-10-11-15/h4-7,12-15H,8-11H2,1-3H3,(H,21,25)/t13-/m0/s1. The van der Waals surface area contributed by atoms with E-state index >= 15 is 0 Å². The summed E-state index contributed by atoms with van der Waals surface area (Å²) in [6.07, 6.45) is 4.84. The fourth-order valence-electron chi connectivity index (χ4n) is 3.22. The quantitative estimate of drug-likeness (QED) is 0.716. The number of benzene rings is 1. The van der Waals surface area contributed by atoms with Crippen LogP contribution < -0.4 is 5.32 Å². The zero-order valence-corrected chi connectivity index (χ0v) is 16.4. The van der Waals surface area contributed by atoms with Crippen LogP contribution in [0, 0.1) is 0 Å². The highest BCUT2D eigenvalue weighted by Crippen LogP contribution is 2.46. The second kappa shape index (κ2) is 7.06. The van der Waals surface area contributed by atoms with Crippen LogP contribution in [0.1, 0.15) is 75.7 Å². The molecule has 2 saturated carbocycles. The molecular formula is C20H26N4OS. The topological polar surface area (TPSA) is 59.8 Å². The predicted octanol–water partition coefficient (Wildman–Crippen LogP) is 4.73. The second-order valence-electron chi connectivity index (χ2n) is 7.71. The van der Waals surface area contributed by atoms with E-state index in [9.17, 15) is 4.79 Å². The number of thioether (sulfide) groups is 1. The molecule has 26 heavy (non-hydrogen) atoms. The van der Waals surface area contributed by atoms with Gasteiger partial charge in [0, 0.05) is 17.6 Å². The Bertz CT molecular complexity index is 808. The van der Waals surface area contributed by atoms with Crippen LogP contribution >= 0.6 is 11.8 Å². The van der Waals surface area contributed by atoms with E-state index in [-0.39, 0.29) is 11.2 Å². The Morgan fingerprint density at radius 2 is 1.88 bits per heavy atom. The van der Waals surface area contributed by atoms with Crippen molar-refractivity contribution in [3.8, 4) is 0 Å². The van der Waals surface area contributed by atoms with E-state index < -0.39 is 0 Å².